The molecule has 1 aliphatic rings. The molecule has 154 valence electrons. The van der Waals surface area contributed by atoms with Crippen LogP contribution in [-0.4, -0.2) is 25.1 Å². The van der Waals surface area contributed by atoms with Crippen LogP contribution in [0.3, 0.4) is 0 Å². The van der Waals surface area contributed by atoms with Crippen LogP contribution in [0.25, 0.3) is 0 Å². The van der Waals surface area contributed by atoms with E-state index in [-0.39, 0.29) is 0 Å². The molecule has 0 radical (unpaired) electrons. The van der Waals surface area contributed by atoms with Crippen molar-refractivity contribution in [2.24, 2.45) is 11.8 Å². The second-order valence-electron chi connectivity index (χ2n) is 7.03. The maximum atomic E-state index is 13.2. The van der Waals surface area contributed by atoms with Gasteiger partial charge in [0.25, 0.3) is 6.17 Å². The molecule has 2 nitrogen and oxygen atoms in total. The van der Waals surface area contributed by atoms with Crippen molar-refractivity contribution in [1.29, 1.82) is 0 Å². The minimum Gasteiger partial charge on any atom is -0.493 e. The highest BCUT2D eigenvalue weighted by Gasteiger charge is 2.59. The molecule has 0 saturated heterocycles. The summed E-state index contributed by atoms with van der Waals surface area (Å²) in [5.74, 6) is 1.03. The summed E-state index contributed by atoms with van der Waals surface area (Å²) in [6.07, 6.45) is -8.18. The van der Waals surface area contributed by atoms with E-state index in [1.165, 1.54) is 37.8 Å². The van der Waals surface area contributed by atoms with Gasteiger partial charge in [-0.3, -0.25) is 0 Å². The zero-order valence-corrected chi connectivity index (χ0v) is 15.1. The Kier molecular flexibility index (Phi) is 7.28. The van der Waals surface area contributed by atoms with Gasteiger partial charge in [-0.15, -0.1) is 0 Å². The van der Waals surface area contributed by atoms with Crippen molar-refractivity contribution < 1.29 is 35.8 Å². The standard InChI is InChI=1S/C19H24F6O2/c1-2-3-13-4-6-14(7-5-13)12-26-15-8-10-16(11-9-15)27-19(24,25)17(20)18(21,22)23/h8-11,13-14,17H,2-7,12H2,1H3. The van der Waals surface area contributed by atoms with Gasteiger partial charge in [0.2, 0.25) is 0 Å². The third-order valence-electron chi connectivity index (χ3n) is 4.81. The fourth-order valence-electron chi connectivity index (χ4n) is 3.31. The van der Waals surface area contributed by atoms with E-state index in [0.717, 1.165) is 30.9 Å². The minimum atomic E-state index is -5.71. The fraction of sp³-hybridized carbons (Fsp3) is 0.684. The molecular weight excluding hydrogens is 374 g/mol. The van der Waals surface area contributed by atoms with Crippen LogP contribution in [0.15, 0.2) is 24.3 Å². The lowest BCUT2D eigenvalue weighted by molar-refractivity contribution is -0.304. The smallest absolute Gasteiger partial charge is 0.439 e. The first kappa shape index (κ1) is 21.7. The molecule has 1 atom stereocenters. The van der Waals surface area contributed by atoms with Gasteiger partial charge < -0.3 is 9.47 Å². The molecule has 1 aromatic rings. The number of hydrogen-bond acceptors (Lipinski definition) is 2. The van der Waals surface area contributed by atoms with E-state index in [4.69, 9.17) is 4.74 Å². The second kappa shape index (κ2) is 9.06. The maximum Gasteiger partial charge on any atom is 0.439 e. The van der Waals surface area contributed by atoms with E-state index < -0.39 is 24.2 Å². The number of alkyl halides is 6. The molecule has 1 saturated carbocycles. The Morgan fingerprint density at radius 3 is 1.96 bits per heavy atom. The first-order valence-corrected chi connectivity index (χ1v) is 9.12. The third kappa shape index (κ3) is 6.50. The summed E-state index contributed by atoms with van der Waals surface area (Å²) in [4.78, 5) is 0. The quantitative estimate of drug-likeness (QED) is 0.463. The highest BCUT2D eigenvalue weighted by atomic mass is 19.4. The van der Waals surface area contributed by atoms with Crippen LogP contribution >= 0.6 is 0 Å². The second-order valence-corrected chi connectivity index (χ2v) is 7.03. The van der Waals surface area contributed by atoms with Crippen molar-refractivity contribution in [3.8, 4) is 11.5 Å². The van der Waals surface area contributed by atoms with Crippen molar-refractivity contribution >= 4 is 0 Å². The molecule has 0 heterocycles. The van der Waals surface area contributed by atoms with Crippen LogP contribution in [0.4, 0.5) is 26.3 Å². The highest BCUT2D eigenvalue weighted by molar-refractivity contribution is 5.31. The summed E-state index contributed by atoms with van der Waals surface area (Å²) in [6, 6.07) is 4.69. The monoisotopic (exact) mass is 398 g/mol. The van der Waals surface area contributed by atoms with Crippen LogP contribution in [0.1, 0.15) is 45.4 Å². The maximum absolute atomic E-state index is 13.2. The van der Waals surface area contributed by atoms with Gasteiger partial charge in [0.05, 0.1) is 6.61 Å². The average Bonchev–Trinajstić information content (AvgIpc) is 2.61. The molecule has 0 aliphatic heterocycles. The van der Waals surface area contributed by atoms with E-state index in [1.54, 1.807) is 0 Å². The summed E-state index contributed by atoms with van der Waals surface area (Å²) in [5.41, 5.74) is 0. The lowest BCUT2D eigenvalue weighted by atomic mass is 9.80. The third-order valence-corrected chi connectivity index (χ3v) is 4.81. The summed E-state index contributed by atoms with van der Waals surface area (Å²) in [7, 11) is 0. The van der Waals surface area contributed by atoms with Crippen LogP contribution in [0, 0.1) is 11.8 Å². The van der Waals surface area contributed by atoms with E-state index in [9.17, 15) is 26.3 Å². The molecular formula is C19H24F6O2. The number of ether oxygens (including phenoxy) is 2. The Labute approximate surface area is 154 Å². The van der Waals surface area contributed by atoms with E-state index in [0.29, 0.717) is 18.3 Å². The first-order chi connectivity index (χ1) is 12.6. The van der Waals surface area contributed by atoms with Crippen LogP contribution < -0.4 is 9.47 Å². The average molecular weight is 398 g/mol. The zero-order chi connectivity index (χ0) is 20.1. The van der Waals surface area contributed by atoms with E-state index >= 15 is 0 Å². The summed E-state index contributed by atoms with van der Waals surface area (Å²) in [5, 5.41) is 0. The Bertz CT molecular complexity index is 565. The molecule has 2 rings (SSSR count). The van der Waals surface area contributed by atoms with Gasteiger partial charge in [0.1, 0.15) is 11.5 Å². The molecule has 1 aromatic carbocycles. The highest BCUT2D eigenvalue weighted by Crippen LogP contribution is 2.37. The molecule has 0 spiro atoms. The van der Waals surface area contributed by atoms with Crippen molar-refractivity contribution in [3.05, 3.63) is 24.3 Å². The number of hydrogen-bond donors (Lipinski definition) is 0. The number of rotatable bonds is 8. The Morgan fingerprint density at radius 2 is 1.44 bits per heavy atom. The minimum absolute atomic E-state index is 0.397. The molecule has 1 unspecified atom stereocenters. The normalized spacial score (nSPS) is 22.3. The number of halogens is 6. The predicted octanol–water partition coefficient (Wildman–Crippen LogP) is 6.54. The Balaban J connectivity index is 1.82. The number of benzene rings is 1. The molecule has 0 aromatic heterocycles. The SMILES string of the molecule is CCCC1CCC(COc2ccc(OC(F)(F)C(F)C(F)(F)F)cc2)CC1. The summed E-state index contributed by atoms with van der Waals surface area (Å²) < 4.78 is 85.1. The molecule has 0 amide bonds. The van der Waals surface area contributed by atoms with Gasteiger partial charge in [0.15, 0.2) is 0 Å². The molecule has 1 fully saturated rings. The largest absolute Gasteiger partial charge is 0.493 e. The summed E-state index contributed by atoms with van der Waals surface area (Å²) in [6.45, 7) is 2.67. The van der Waals surface area contributed by atoms with Gasteiger partial charge in [-0.1, -0.05) is 32.6 Å². The van der Waals surface area contributed by atoms with Crippen molar-refractivity contribution in [2.75, 3.05) is 6.61 Å². The van der Waals surface area contributed by atoms with Crippen LogP contribution in [0.5, 0.6) is 11.5 Å². The lowest BCUT2D eigenvalue weighted by Crippen LogP contribution is -2.45. The van der Waals surface area contributed by atoms with Gasteiger partial charge in [-0.25, -0.2) is 4.39 Å². The van der Waals surface area contributed by atoms with Crippen molar-refractivity contribution in [3.63, 3.8) is 0 Å². The molecule has 0 N–H and O–H groups in total. The molecule has 1 aliphatic carbocycles. The summed E-state index contributed by atoms with van der Waals surface area (Å²) >= 11 is 0. The molecule has 0 bridgehead atoms. The van der Waals surface area contributed by atoms with Gasteiger partial charge >= 0.3 is 12.3 Å². The van der Waals surface area contributed by atoms with Gasteiger partial charge in [0, 0.05) is 0 Å². The molecule has 27 heavy (non-hydrogen) atoms. The topological polar surface area (TPSA) is 18.5 Å². The van der Waals surface area contributed by atoms with Crippen molar-refractivity contribution in [2.45, 2.75) is 63.9 Å². The zero-order valence-electron chi connectivity index (χ0n) is 15.1. The molecule has 8 heteroatoms. The van der Waals surface area contributed by atoms with Crippen LogP contribution in [0.2, 0.25) is 0 Å². The first-order valence-electron chi connectivity index (χ1n) is 9.12. The Hall–Kier alpha value is -1.60. The van der Waals surface area contributed by atoms with E-state index in [2.05, 4.69) is 11.7 Å². The van der Waals surface area contributed by atoms with Crippen molar-refractivity contribution in [1.82, 2.24) is 0 Å². The van der Waals surface area contributed by atoms with Gasteiger partial charge in [-0.05, 0) is 48.9 Å². The Morgan fingerprint density at radius 1 is 0.926 bits per heavy atom. The van der Waals surface area contributed by atoms with Gasteiger partial charge in [-0.2, -0.15) is 22.0 Å². The fourth-order valence-corrected chi connectivity index (χ4v) is 3.31. The van der Waals surface area contributed by atoms with Crippen LogP contribution in [-0.2, 0) is 0 Å². The lowest BCUT2D eigenvalue weighted by Gasteiger charge is -2.28. The predicted molar refractivity (Wildman–Crippen MR) is 88.8 cm³/mol. The van der Waals surface area contributed by atoms with E-state index in [1.807, 2.05) is 0 Å².